The van der Waals surface area contributed by atoms with Crippen LogP contribution in [0.5, 0.6) is 0 Å². The summed E-state index contributed by atoms with van der Waals surface area (Å²) in [5.41, 5.74) is 0. The molecule has 1 rings (SSSR count). The van der Waals surface area contributed by atoms with Crippen LogP contribution in [0.25, 0.3) is 0 Å². The van der Waals surface area contributed by atoms with Gasteiger partial charge in [-0.25, -0.2) is 0 Å². The van der Waals surface area contributed by atoms with Crippen molar-refractivity contribution < 1.29 is 0 Å². The van der Waals surface area contributed by atoms with Crippen LogP contribution in [-0.4, -0.2) is 23.5 Å². The molecule has 1 saturated heterocycles. The molecule has 0 aromatic carbocycles. The molecule has 0 spiro atoms. The number of rotatable bonds is 2. The highest BCUT2D eigenvalue weighted by atomic mass is 15.2. The van der Waals surface area contributed by atoms with Crippen molar-refractivity contribution in [1.82, 2.24) is 4.90 Å². The Balaban J connectivity index is 2.50. The summed E-state index contributed by atoms with van der Waals surface area (Å²) >= 11 is 0. The second kappa shape index (κ2) is 3.91. The highest BCUT2D eigenvalue weighted by molar-refractivity contribution is 4.96. The summed E-state index contributed by atoms with van der Waals surface area (Å²) in [6.07, 6.45) is 7.22. The standard InChI is InChI=1S/C10H19N/c1-4-6-10-7-5-8-11(10)9(2)3/h4,6,9-10H,5,7-8H2,1-3H3/b6-4+. The lowest BCUT2D eigenvalue weighted by Gasteiger charge is -2.25. The molecular formula is C10H19N. The third-order valence-corrected chi connectivity index (χ3v) is 2.42. The lowest BCUT2D eigenvalue weighted by Crippen LogP contribution is -2.34. The second-order valence-electron chi connectivity index (χ2n) is 3.57. The van der Waals surface area contributed by atoms with Crippen molar-refractivity contribution in [2.45, 2.75) is 45.7 Å². The van der Waals surface area contributed by atoms with Crippen LogP contribution in [0.15, 0.2) is 12.2 Å². The van der Waals surface area contributed by atoms with Gasteiger partial charge in [0, 0.05) is 12.1 Å². The van der Waals surface area contributed by atoms with Crippen molar-refractivity contribution in [3.8, 4) is 0 Å². The van der Waals surface area contributed by atoms with Crippen LogP contribution in [0.2, 0.25) is 0 Å². The molecule has 1 unspecified atom stereocenters. The first-order chi connectivity index (χ1) is 5.25. The molecule has 1 fully saturated rings. The van der Waals surface area contributed by atoms with Gasteiger partial charge in [0.2, 0.25) is 0 Å². The number of likely N-dealkylation sites (tertiary alicyclic amines) is 1. The molecule has 0 saturated carbocycles. The van der Waals surface area contributed by atoms with Crippen LogP contribution in [-0.2, 0) is 0 Å². The zero-order valence-electron chi connectivity index (χ0n) is 7.88. The van der Waals surface area contributed by atoms with Gasteiger partial charge in [0.05, 0.1) is 0 Å². The SMILES string of the molecule is C/C=C/C1CCCN1C(C)C. The Bertz CT molecular complexity index is 138. The van der Waals surface area contributed by atoms with E-state index < -0.39 is 0 Å². The Labute approximate surface area is 70.1 Å². The van der Waals surface area contributed by atoms with Gasteiger partial charge in [-0.15, -0.1) is 0 Å². The maximum absolute atomic E-state index is 2.57. The Morgan fingerprint density at radius 3 is 2.73 bits per heavy atom. The minimum atomic E-state index is 0.707. The summed E-state index contributed by atoms with van der Waals surface area (Å²) in [6.45, 7) is 7.95. The van der Waals surface area contributed by atoms with E-state index in [-0.39, 0.29) is 0 Å². The van der Waals surface area contributed by atoms with E-state index in [0.717, 1.165) is 6.04 Å². The topological polar surface area (TPSA) is 3.24 Å². The first kappa shape index (κ1) is 8.79. The fourth-order valence-corrected chi connectivity index (χ4v) is 1.88. The second-order valence-corrected chi connectivity index (χ2v) is 3.57. The number of nitrogens with zero attached hydrogens (tertiary/aromatic N) is 1. The van der Waals surface area contributed by atoms with Crippen LogP contribution >= 0.6 is 0 Å². The van der Waals surface area contributed by atoms with Gasteiger partial charge in [0.25, 0.3) is 0 Å². The fraction of sp³-hybridized carbons (Fsp3) is 0.800. The fourth-order valence-electron chi connectivity index (χ4n) is 1.88. The molecule has 0 aromatic rings. The summed E-state index contributed by atoms with van der Waals surface area (Å²) in [6, 6.07) is 1.43. The molecule has 0 bridgehead atoms. The zero-order valence-corrected chi connectivity index (χ0v) is 7.88. The van der Waals surface area contributed by atoms with E-state index in [4.69, 9.17) is 0 Å². The molecule has 0 aliphatic carbocycles. The van der Waals surface area contributed by atoms with Crippen molar-refractivity contribution in [2.75, 3.05) is 6.54 Å². The molecule has 0 radical (unpaired) electrons. The van der Waals surface area contributed by atoms with Gasteiger partial charge >= 0.3 is 0 Å². The molecule has 1 heteroatoms. The van der Waals surface area contributed by atoms with Gasteiger partial charge < -0.3 is 0 Å². The monoisotopic (exact) mass is 153 g/mol. The van der Waals surface area contributed by atoms with E-state index in [1.165, 1.54) is 19.4 Å². The van der Waals surface area contributed by atoms with Gasteiger partial charge in [0.1, 0.15) is 0 Å². The van der Waals surface area contributed by atoms with E-state index in [1.807, 2.05) is 0 Å². The van der Waals surface area contributed by atoms with Crippen molar-refractivity contribution >= 4 is 0 Å². The maximum Gasteiger partial charge on any atom is 0.0281 e. The maximum atomic E-state index is 2.57. The summed E-state index contributed by atoms with van der Waals surface area (Å²) in [7, 11) is 0. The van der Waals surface area contributed by atoms with Crippen LogP contribution in [0.1, 0.15) is 33.6 Å². The van der Waals surface area contributed by atoms with Gasteiger partial charge in [-0.1, -0.05) is 12.2 Å². The number of hydrogen-bond donors (Lipinski definition) is 0. The van der Waals surface area contributed by atoms with E-state index in [2.05, 4.69) is 37.8 Å². The summed E-state index contributed by atoms with van der Waals surface area (Å²) in [4.78, 5) is 2.57. The predicted molar refractivity (Wildman–Crippen MR) is 49.7 cm³/mol. The van der Waals surface area contributed by atoms with Crippen molar-refractivity contribution in [2.24, 2.45) is 0 Å². The lowest BCUT2D eigenvalue weighted by atomic mass is 10.2. The van der Waals surface area contributed by atoms with Crippen molar-refractivity contribution in [1.29, 1.82) is 0 Å². The smallest absolute Gasteiger partial charge is 0.0281 e. The minimum Gasteiger partial charge on any atom is -0.295 e. The molecule has 0 N–H and O–H groups in total. The van der Waals surface area contributed by atoms with E-state index in [1.54, 1.807) is 0 Å². The molecule has 64 valence electrons. The lowest BCUT2D eigenvalue weighted by molar-refractivity contribution is 0.234. The average molecular weight is 153 g/mol. The largest absolute Gasteiger partial charge is 0.295 e. The van der Waals surface area contributed by atoms with E-state index in [0.29, 0.717) is 6.04 Å². The average Bonchev–Trinajstić information content (AvgIpc) is 2.36. The summed E-state index contributed by atoms with van der Waals surface area (Å²) in [5, 5.41) is 0. The molecule has 1 atom stereocenters. The van der Waals surface area contributed by atoms with Gasteiger partial charge in [-0.3, -0.25) is 4.90 Å². The van der Waals surface area contributed by atoms with Crippen LogP contribution in [0, 0.1) is 0 Å². The molecule has 0 aromatic heterocycles. The van der Waals surface area contributed by atoms with Crippen LogP contribution < -0.4 is 0 Å². The van der Waals surface area contributed by atoms with Crippen LogP contribution in [0.4, 0.5) is 0 Å². The third-order valence-electron chi connectivity index (χ3n) is 2.42. The Hall–Kier alpha value is -0.300. The first-order valence-electron chi connectivity index (χ1n) is 4.64. The van der Waals surface area contributed by atoms with Gasteiger partial charge in [-0.05, 0) is 40.2 Å². The quantitative estimate of drug-likeness (QED) is 0.551. The predicted octanol–water partition coefficient (Wildman–Crippen LogP) is 2.44. The minimum absolute atomic E-state index is 0.707. The third kappa shape index (κ3) is 2.06. The Morgan fingerprint density at radius 2 is 2.18 bits per heavy atom. The molecule has 0 amide bonds. The van der Waals surface area contributed by atoms with Crippen molar-refractivity contribution in [3.05, 3.63) is 12.2 Å². The summed E-state index contributed by atoms with van der Waals surface area (Å²) in [5.74, 6) is 0. The molecule has 1 nitrogen and oxygen atoms in total. The Kier molecular flexibility index (Phi) is 3.13. The van der Waals surface area contributed by atoms with Gasteiger partial charge in [0.15, 0.2) is 0 Å². The van der Waals surface area contributed by atoms with Crippen LogP contribution in [0.3, 0.4) is 0 Å². The zero-order chi connectivity index (χ0) is 8.27. The Morgan fingerprint density at radius 1 is 1.45 bits per heavy atom. The molecule has 1 aliphatic rings. The number of allylic oxidation sites excluding steroid dienone is 1. The molecular weight excluding hydrogens is 134 g/mol. The van der Waals surface area contributed by atoms with E-state index in [9.17, 15) is 0 Å². The van der Waals surface area contributed by atoms with Gasteiger partial charge in [-0.2, -0.15) is 0 Å². The highest BCUT2D eigenvalue weighted by Crippen LogP contribution is 2.20. The summed E-state index contributed by atoms with van der Waals surface area (Å²) < 4.78 is 0. The first-order valence-corrected chi connectivity index (χ1v) is 4.64. The molecule has 11 heavy (non-hydrogen) atoms. The molecule has 1 aliphatic heterocycles. The number of hydrogen-bond acceptors (Lipinski definition) is 1. The van der Waals surface area contributed by atoms with Crippen molar-refractivity contribution in [3.63, 3.8) is 0 Å². The highest BCUT2D eigenvalue weighted by Gasteiger charge is 2.23. The molecule has 1 heterocycles. The van der Waals surface area contributed by atoms with E-state index >= 15 is 0 Å². The normalized spacial score (nSPS) is 27.5.